The first-order valence-electron chi connectivity index (χ1n) is 5.48. The molecule has 88 valence electrons. The van der Waals surface area contributed by atoms with Crippen molar-refractivity contribution in [1.29, 1.82) is 0 Å². The van der Waals surface area contributed by atoms with Crippen LogP contribution in [0.1, 0.15) is 12.8 Å². The Hall–Kier alpha value is -1.13. The summed E-state index contributed by atoms with van der Waals surface area (Å²) < 4.78 is 18.5. The van der Waals surface area contributed by atoms with Crippen LogP contribution in [0, 0.1) is 5.82 Å². The lowest BCUT2D eigenvalue weighted by Gasteiger charge is -2.32. The van der Waals surface area contributed by atoms with E-state index in [4.69, 9.17) is 4.74 Å². The number of hydrogen-bond acceptors (Lipinski definition) is 3. The molecular formula is C12H16FNO2. The van der Waals surface area contributed by atoms with Gasteiger partial charge in [0.1, 0.15) is 5.82 Å². The molecule has 0 saturated carbocycles. The molecule has 3 nitrogen and oxygen atoms in total. The molecule has 16 heavy (non-hydrogen) atoms. The van der Waals surface area contributed by atoms with E-state index in [1.165, 1.54) is 6.07 Å². The summed E-state index contributed by atoms with van der Waals surface area (Å²) >= 11 is 0. The molecule has 2 N–H and O–H groups in total. The lowest BCUT2D eigenvalue weighted by atomic mass is 9.94. The Bertz CT molecular complexity index is 351. The Balaban J connectivity index is 1.94. The molecule has 1 aromatic rings. The van der Waals surface area contributed by atoms with E-state index in [9.17, 15) is 9.50 Å². The molecule has 0 amide bonds. The third kappa shape index (κ3) is 2.71. The molecule has 4 heteroatoms. The minimum Gasteiger partial charge on any atom is -0.388 e. The Morgan fingerprint density at radius 2 is 2.00 bits per heavy atom. The summed E-state index contributed by atoms with van der Waals surface area (Å²) in [5, 5.41) is 13.1. The highest BCUT2D eigenvalue weighted by Gasteiger charge is 2.29. The molecule has 0 bridgehead atoms. The number of hydrogen-bond donors (Lipinski definition) is 2. The predicted molar refractivity (Wildman–Crippen MR) is 59.9 cm³/mol. The number of halogens is 1. The van der Waals surface area contributed by atoms with Gasteiger partial charge in [0.2, 0.25) is 0 Å². The quantitative estimate of drug-likeness (QED) is 0.824. The van der Waals surface area contributed by atoms with Crippen molar-refractivity contribution < 1.29 is 14.2 Å². The van der Waals surface area contributed by atoms with Crippen LogP contribution in [0.3, 0.4) is 0 Å². The molecule has 0 radical (unpaired) electrons. The molecule has 1 saturated heterocycles. The summed E-state index contributed by atoms with van der Waals surface area (Å²) in [4.78, 5) is 0. The third-order valence-electron chi connectivity index (χ3n) is 2.91. The van der Waals surface area contributed by atoms with Gasteiger partial charge in [-0.15, -0.1) is 0 Å². The second kappa shape index (κ2) is 4.80. The molecule has 0 spiro atoms. The van der Waals surface area contributed by atoms with Gasteiger partial charge in [-0.2, -0.15) is 0 Å². The maximum Gasteiger partial charge on any atom is 0.146 e. The summed E-state index contributed by atoms with van der Waals surface area (Å²) in [7, 11) is 0. The predicted octanol–water partition coefficient (Wildman–Crippen LogP) is 1.78. The Morgan fingerprint density at radius 1 is 1.31 bits per heavy atom. The maximum atomic E-state index is 13.3. The lowest BCUT2D eigenvalue weighted by Crippen LogP contribution is -2.42. The van der Waals surface area contributed by atoms with Gasteiger partial charge in [0, 0.05) is 32.6 Å². The highest BCUT2D eigenvalue weighted by atomic mass is 19.1. The summed E-state index contributed by atoms with van der Waals surface area (Å²) in [6.07, 6.45) is 1.18. The van der Waals surface area contributed by atoms with E-state index in [1.54, 1.807) is 18.2 Å². The average molecular weight is 225 g/mol. The summed E-state index contributed by atoms with van der Waals surface area (Å²) in [5.74, 6) is -0.293. The Kier molecular flexibility index (Phi) is 3.41. The highest BCUT2D eigenvalue weighted by Crippen LogP contribution is 2.22. The van der Waals surface area contributed by atoms with Gasteiger partial charge in [-0.25, -0.2) is 4.39 Å². The maximum absolute atomic E-state index is 13.3. The largest absolute Gasteiger partial charge is 0.388 e. The molecule has 2 rings (SSSR count). The Morgan fingerprint density at radius 3 is 2.69 bits per heavy atom. The van der Waals surface area contributed by atoms with Crippen LogP contribution in [0.2, 0.25) is 0 Å². The van der Waals surface area contributed by atoms with Gasteiger partial charge in [0.15, 0.2) is 0 Å². The van der Waals surface area contributed by atoms with Gasteiger partial charge in [0.05, 0.1) is 11.3 Å². The van der Waals surface area contributed by atoms with Gasteiger partial charge in [-0.1, -0.05) is 12.1 Å². The first-order valence-corrected chi connectivity index (χ1v) is 5.48. The fraction of sp³-hybridized carbons (Fsp3) is 0.500. The monoisotopic (exact) mass is 225 g/mol. The van der Waals surface area contributed by atoms with E-state index in [0.29, 0.717) is 38.3 Å². The summed E-state index contributed by atoms with van der Waals surface area (Å²) in [5.41, 5.74) is -0.344. The second-order valence-electron chi connectivity index (χ2n) is 4.17. The first kappa shape index (κ1) is 11.4. The van der Waals surface area contributed by atoms with Gasteiger partial charge < -0.3 is 15.2 Å². The van der Waals surface area contributed by atoms with Gasteiger partial charge in [-0.05, 0) is 12.1 Å². The number of rotatable bonds is 3. The fourth-order valence-corrected chi connectivity index (χ4v) is 1.79. The molecule has 0 aliphatic carbocycles. The van der Waals surface area contributed by atoms with E-state index in [2.05, 4.69) is 5.32 Å². The van der Waals surface area contributed by atoms with E-state index < -0.39 is 5.60 Å². The summed E-state index contributed by atoms with van der Waals surface area (Å²) in [6.45, 7) is 1.49. The SMILES string of the molecule is OC1(CNc2ccccc2F)CCOCC1. The van der Waals surface area contributed by atoms with Crippen LogP contribution in [-0.2, 0) is 4.74 Å². The third-order valence-corrected chi connectivity index (χ3v) is 2.91. The van der Waals surface area contributed by atoms with Gasteiger partial charge in [-0.3, -0.25) is 0 Å². The number of nitrogens with one attached hydrogen (secondary N) is 1. The molecule has 1 fully saturated rings. The van der Waals surface area contributed by atoms with Crippen molar-refractivity contribution in [3.63, 3.8) is 0 Å². The first-order chi connectivity index (χ1) is 7.70. The summed E-state index contributed by atoms with van der Waals surface area (Å²) in [6, 6.07) is 6.47. The van der Waals surface area contributed by atoms with Crippen LogP contribution < -0.4 is 5.32 Å². The minimum absolute atomic E-state index is 0.293. The second-order valence-corrected chi connectivity index (χ2v) is 4.17. The molecule has 0 aromatic heterocycles. The van der Waals surface area contributed by atoms with Crippen molar-refractivity contribution in [2.24, 2.45) is 0 Å². The fourth-order valence-electron chi connectivity index (χ4n) is 1.79. The number of para-hydroxylation sites is 1. The minimum atomic E-state index is -0.777. The van der Waals surface area contributed by atoms with Crippen molar-refractivity contribution >= 4 is 5.69 Å². The number of ether oxygens (including phenoxy) is 1. The van der Waals surface area contributed by atoms with E-state index in [1.807, 2.05) is 0 Å². The normalized spacial score (nSPS) is 19.4. The standard InChI is InChI=1S/C12H16FNO2/c13-10-3-1-2-4-11(10)14-9-12(15)5-7-16-8-6-12/h1-4,14-15H,5-9H2. The molecule has 0 unspecified atom stereocenters. The van der Waals surface area contributed by atoms with Crippen LogP contribution in [0.25, 0.3) is 0 Å². The molecule has 1 aliphatic rings. The van der Waals surface area contributed by atoms with Gasteiger partial charge >= 0.3 is 0 Å². The lowest BCUT2D eigenvalue weighted by molar-refractivity contribution is -0.0543. The zero-order chi connectivity index (χ0) is 11.4. The average Bonchev–Trinajstić information content (AvgIpc) is 2.29. The van der Waals surface area contributed by atoms with Crippen LogP contribution in [0.4, 0.5) is 10.1 Å². The molecular weight excluding hydrogens is 209 g/mol. The van der Waals surface area contributed by atoms with E-state index >= 15 is 0 Å². The number of aliphatic hydroxyl groups is 1. The van der Waals surface area contributed by atoms with E-state index in [-0.39, 0.29) is 5.82 Å². The van der Waals surface area contributed by atoms with Crippen molar-refractivity contribution in [1.82, 2.24) is 0 Å². The van der Waals surface area contributed by atoms with Crippen LogP contribution in [-0.4, -0.2) is 30.5 Å². The molecule has 0 atom stereocenters. The Labute approximate surface area is 94.2 Å². The highest BCUT2D eigenvalue weighted by molar-refractivity contribution is 5.44. The molecule has 1 aliphatic heterocycles. The zero-order valence-corrected chi connectivity index (χ0v) is 9.08. The molecule has 1 heterocycles. The van der Waals surface area contributed by atoms with Crippen LogP contribution in [0.5, 0.6) is 0 Å². The van der Waals surface area contributed by atoms with Crippen molar-refractivity contribution in [2.45, 2.75) is 18.4 Å². The van der Waals surface area contributed by atoms with E-state index in [0.717, 1.165) is 0 Å². The smallest absolute Gasteiger partial charge is 0.146 e. The van der Waals surface area contributed by atoms with Crippen LogP contribution in [0.15, 0.2) is 24.3 Å². The van der Waals surface area contributed by atoms with Crippen molar-refractivity contribution in [3.8, 4) is 0 Å². The van der Waals surface area contributed by atoms with Gasteiger partial charge in [0.25, 0.3) is 0 Å². The topological polar surface area (TPSA) is 41.5 Å². The molecule has 1 aromatic carbocycles. The van der Waals surface area contributed by atoms with Crippen LogP contribution >= 0.6 is 0 Å². The zero-order valence-electron chi connectivity index (χ0n) is 9.08. The number of benzene rings is 1. The van der Waals surface area contributed by atoms with Crippen molar-refractivity contribution in [3.05, 3.63) is 30.1 Å². The number of anilines is 1. The van der Waals surface area contributed by atoms with Crippen molar-refractivity contribution in [2.75, 3.05) is 25.1 Å².